The Hall–Kier alpha value is -1.33. The van der Waals surface area contributed by atoms with Gasteiger partial charge < -0.3 is 15.7 Å². The van der Waals surface area contributed by atoms with Gasteiger partial charge in [-0.05, 0) is 19.9 Å². The highest BCUT2D eigenvalue weighted by Crippen LogP contribution is 2.19. The number of rotatable bonds is 4. The molecule has 1 rings (SSSR count). The summed E-state index contributed by atoms with van der Waals surface area (Å²) < 4.78 is 0. The van der Waals surface area contributed by atoms with Crippen LogP contribution < -0.4 is 5.73 Å². The van der Waals surface area contributed by atoms with Crippen LogP contribution in [0.3, 0.4) is 0 Å². The highest BCUT2D eigenvalue weighted by molar-refractivity contribution is 6.33. The average molecular weight is 258 g/mol. The molecule has 1 heterocycles. The monoisotopic (exact) mass is 257 g/mol. The first-order chi connectivity index (χ1) is 7.97. The van der Waals surface area contributed by atoms with Crippen molar-refractivity contribution in [2.75, 3.05) is 18.9 Å². The molecule has 94 valence electrons. The van der Waals surface area contributed by atoms with Crippen LogP contribution in [0.5, 0.6) is 0 Å². The van der Waals surface area contributed by atoms with E-state index in [0.717, 1.165) is 0 Å². The Morgan fingerprint density at radius 1 is 1.65 bits per heavy atom. The van der Waals surface area contributed by atoms with Crippen LogP contribution in [0.4, 0.5) is 5.82 Å². The predicted molar refractivity (Wildman–Crippen MR) is 66.9 cm³/mol. The second kappa shape index (κ2) is 5.84. The van der Waals surface area contributed by atoms with E-state index in [4.69, 9.17) is 22.4 Å². The fourth-order valence-corrected chi connectivity index (χ4v) is 1.66. The van der Waals surface area contributed by atoms with Gasteiger partial charge in [-0.1, -0.05) is 11.6 Å². The molecule has 0 unspecified atom stereocenters. The van der Waals surface area contributed by atoms with Crippen LogP contribution in [-0.4, -0.2) is 40.1 Å². The summed E-state index contributed by atoms with van der Waals surface area (Å²) in [4.78, 5) is 17.5. The lowest BCUT2D eigenvalue weighted by atomic mass is 10.2. The van der Waals surface area contributed by atoms with Gasteiger partial charge in [0.25, 0.3) is 5.91 Å². The van der Waals surface area contributed by atoms with Gasteiger partial charge in [-0.15, -0.1) is 0 Å². The molecule has 0 atom stereocenters. The van der Waals surface area contributed by atoms with E-state index in [1.54, 1.807) is 0 Å². The number of amides is 1. The molecule has 0 aliphatic rings. The smallest absolute Gasteiger partial charge is 0.255 e. The van der Waals surface area contributed by atoms with Crippen molar-refractivity contribution in [1.82, 2.24) is 9.88 Å². The Balaban J connectivity index is 3.04. The lowest BCUT2D eigenvalue weighted by molar-refractivity contribution is 0.0665. The third-order valence-electron chi connectivity index (χ3n) is 2.33. The molecule has 6 heteroatoms. The number of aliphatic hydroxyl groups is 1. The van der Waals surface area contributed by atoms with Crippen molar-refractivity contribution in [2.45, 2.75) is 19.9 Å². The molecule has 5 nitrogen and oxygen atoms in total. The molecule has 0 aromatic carbocycles. The van der Waals surface area contributed by atoms with Gasteiger partial charge in [-0.25, -0.2) is 4.98 Å². The van der Waals surface area contributed by atoms with Gasteiger partial charge in [0.2, 0.25) is 0 Å². The Bertz CT molecular complexity index is 410. The Kier molecular flexibility index (Phi) is 4.72. The van der Waals surface area contributed by atoms with Crippen molar-refractivity contribution >= 4 is 23.3 Å². The minimum Gasteiger partial charge on any atom is -0.395 e. The second-order valence-corrected chi connectivity index (χ2v) is 4.31. The Morgan fingerprint density at radius 3 is 2.82 bits per heavy atom. The van der Waals surface area contributed by atoms with Gasteiger partial charge >= 0.3 is 0 Å². The topological polar surface area (TPSA) is 79.5 Å². The van der Waals surface area contributed by atoms with Crippen molar-refractivity contribution in [2.24, 2.45) is 0 Å². The maximum atomic E-state index is 12.2. The fourth-order valence-electron chi connectivity index (χ4n) is 1.48. The zero-order chi connectivity index (χ0) is 13.0. The van der Waals surface area contributed by atoms with E-state index in [-0.39, 0.29) is 35.9 Å². The molecule has 0 bridgehead atoms. The quantitative estimate of drug-likeness (QED) is 0.848. The number of nitrogen functional groups attached to an aromatic ring is 1. The highest BCUT2D eigenvalue weighted by atomic mass is 35.5. The summed E-state index contributed by atoms with van der Waals surface area (Å²) in [6, 6.07) is 1.41. The van der Waals surface area contributed by atoms with E-state index in [9.17, 15) is 4.79 Å². The van der Waals surface area contributed by atoms with E-state index < -0.39 is 0 Å². The molecule has 0 radical (unpaired) electrons. The molecule has 0 saturated heterocycles. The van der Waals surface area contributed by atoms with E-state index in [2.05, 4.69) is 4.98 Å². The fraction of sp³-hybridized carbons (Fsp3) is 0.455. The minimum absolute atomic E-state index is 0.0277. The van der Waals surface area contributed by atoms with Crippen molar-refractivity contribution in [1.29, 1.82) is 0 Å². The third kappa shape index (κ3) is 3.31. The van der Waals surface area contributed by atoms with Gasteiger partial charge in [-0.2, -0.15) is 0 Å². The SMILES string of the molecule is CC(C)N(CCO)C(=O)c1cc(N)ncc1Cl. The number of aromatic nitrogens is 1. The molecule has 0 saturated carbocycles. The second-order valence-electron chi connectivity index (χ2n) is 3.90. The molecule has 17 heavy (non-hydrogen) atoms. The zero-order valence-electron chi connectivity index (χ0n) is 9.85. The van der Waals surface area contributed by atoms with Gasteiger partial charge in [-0.3, -0.25) is 4.79 Å². The number of carbonyl (C=O) groups excluding carboxylic acids is 1. The summed E-state index contributed by atoms with van der Waals surface area (Å²) in [7, 11) is 0. The lowest BCUT2D eigenvalue weighted by Crippen LogP contribution is -2.39. The first-order valence-corrected chi connectivity index (χ1v) is 5.68. The summed E-state index contributed by atoms with van der Waals surface area (Å²) in [5.74, 6) is -0.0152. The van der Waals surface area contributed by atoms with Gasteiger partial charge in [0.15, 0.2) is 0 Å². The van der Waals surface area contributed by atoms with E-state index >= 15 is 0 Å². The average Bonchev–Trinajstić information content (AvgIpc) is 2.28. The largest absolute Gasteiger partial charge is 0.395 e. The maximum absolute atomic E-state index is 12.2. The van der Waals surface area contributed by atoms with Gasteiger partial charge in [0, 0.05) is 18.8 Å². The van der Waals surface area contributed by atoms with Crippen LogP contribution >= 0.6 is 11.6 Å². The molecule has 1 aromatic heterocycles. The van der Waals surface area contributed by atoms with Crippen LogP contribution in [0.25, 0.3) is 0 Å². The summed E-state index contributed by atoms with van der Waals surface area (Å²) in [5.41, 5.74) is 5.83. The number of hydrogen-bond donors (Lipinski definition) is 2. The molecule has 0 aliphatic heterocycles. The molecule has 0 fully saturated rings. The number of hydrogen-bond acceptors (Lipinski definition) is 4. The Labute approximate surface area is 105 Å². The number of aliphatic hydroxyl groups excluding tert-OH is 1. The molecule has 0 spiro atoms. The standard InChI is InChI=1S/C11H16ClN3O2/c1-7(2)15(3-4-16)11(17)8-5-10(13)14-6-9(8)12/h5-7,16H,3-4H2,1-2H3,(H2,13,14). The van der Waals surface area contributed by atoms with Crippen LogP contribution in [0.1, 0.15) is 24.2 Å². The summed E-state index contributed by atoms with van der Waals surface area (Å²) in [5, 5.41) is 9.20. The first-order valence-electron chi connectivity index (χ1n) is 5.30. The number of pyridine rings is 1. The zero-order valence-corrected chi connectivity index (χ0v) is 10.6. The van der Waals surface area contributed by atoms with Gasteiger partial charge in [0.05, 0.1) is 17.2 Å². The highest BCUT2D eigenvalue weighted by Gasteiger charge is 2.20. The minimum atomic E-state index is -0.256. The van der Waals surface area contributed by atoms with E-state index in [1.807, 2.05) is 13.8 Å². The van der Waals surface area contributed by atoms with Gasteiger partial charge in [0.1, 0.15) is 5.82 Å². The summed E-state index contributed by atoms with van der Waals surface area (Å²) in [6.45, 7) is 3.90. The lowest BCUT2D eigenvalue weighted by Gasteiger charge is -2.26. The predicted octanol–water partition coefficient (Wildman–Crippen LogP) is 1.16. The molecule has 0 aliphatic carbocycles. The normalized spacial score (nSPS) is 10.6. The number of carbonyl (C=O) groups is 1. The summed E-state index contributed by atoms with van der Waals surface area (Å²) in [6.07, 6.45) is 1.35. The van der Waals surface area contributed by atoms with Crippen molar-refractivity contribution in [3.05, 3.63) is 22.8 Å². The van der Waals surface area contributed by atoms with Crippen molar-refractivity contribution < 1.29 is 9.90 Å². The van der Waals surface area contributed by atoms with Crippen LogP contribution in [-0.2, 0) is 0 Å². The van der Waals surface area contributed by atoms with E-state index in [0.29, 0.717) is 5.56 Å². The van der Waals surface area contributed by atoms with Crippen LogP contribution in [0.2, 0.25) is 5.02 Å². The van der Waals surface area contributed by atoms with Crippen LogP contribution in [0.15, 0.2) is 12.3 Å². The first kappa shape index (κ1) is 13.7. The molecular weight excluding hydrogens is 242 g/mol. The van der Waals surface area contributed by atoms with Crippen LogP contribution in [0, 0.1) is 0 Å². The van der Waals surface area contributed by atoms with Crippen molar-refractivity contribution in [3.8, 4) is 0 Å². The third-order valence-corrected chi connectivity index (χ3v) is 2.63. The number of anilines is 1. The Morgan fingerprint density at radius 2 is 2.29 bits per heavy atom. The molecule has 3 N–H and O–H groups in total. The number of nitrogens with two attached hydrogens (primary N) is 1. The molecule has 1 aromatic rings. The van der Waals surface area contributed by atoms with Crippen molar-refractivity contribution in [3.63, 3.8) is 0 Å². The summed E-state index contributed by atoms with van der Waals surface area (Å²) >= 11 is 5.91. The van der Waals surface area contributed by atoms with E-state index in [1.165, 1.54) is 17.2 Å². The molecular formula is C11H16ClN3O2. The number of halogens is 1. The molecule has 1 amide bonds. The maximum Gasteiger partial charge on any atom is 0.255 e. The number of nitrogens with zero attached hydrogens (tertiary/aromatic N) is 2.